The minimum Gasteiger partial charge on any atom is -0.465 e. The minimum atomic E-state index is -0.101. The summed E-state index contributed by atoms with van der Waals surface area (Å²) in [6.07, 6.45) is 15.3. The zero-order valence-electron chi connectivity index (χ0n) is 12.0. The predicted molar refractivity (Wildman–Crippen MR) is 75.2 cm³/mol. The molecule has 1 aliphatic rings. The zero-order valence-corrected chi connectivity index (χ0v) is 12.0. The highest BCUT2D eigenvalue weighted by Gasteiger charge is 2.14. The van der Waals surface area contributed by atoms with Crippen LogP contribution in [0.1, 0.15) is 77.6 Å². The number of unbranched alkanes of at least 4 members (excludes halogenated alkanes) is 4. The van der Waals surface area contributed by atoms with E-state index in [1.165, 1.54) is 57.8 Å². The molecule has 0 unspecified atom stereocenters. The molecule has 0 aromatic heterocycles. The number of carbonyl (C=O) groups is 1. The van der Waals surface area contributed by atoms with Crippen LogP contribution >= 0.6 is 0 Å². The highest BCUT2D eigenvalue weighted by atomic mass is 16.5. The Hall–Kier alpha value is -0.530. The topological polar surface area (TPSA) is 26.3 Å². The summed E-state index contributed by atoms with van der Waals surface area (Å²) in [5, 5.41) is 0. The molecule has 0 aromatic carbocycles. The van der Waals surface area contributed by atoms with Crippen LogP contribution in [0.15, 0.2) is 0 Å². The molecular weight excluding hydrogens is 224 g/mol. The van der Waals surface area contributed by atoms with Crippen LogP contribution in [0.3, 0.4) is 0 Å². The number of esters is 1. The molecule has 1 radical (unpaired) electrons. The van der Waals surface area contributed by atoms with Crippen molar-refractivity contribution < 1.29 is 9.53 Å². The molecule has 0 saturated heterocycles. The van der Waals surface area contributed by atoms with E-state index in [1.807, 2.05) is 0 Å². The molecule has 1 rings (SSSR count). The summed E-state index contributed by atoms with van der Waals surface area (Å²) in [5.74, 6) is 0.515. The van der Waals surface area contributed by atoms with E-state index in [-0.39, 0.29) is 5.97 Å². The van der Waals surface area contributed by atoms with E-state index < -0.39 is 0 Å². The number of carbonyl (C=O) groups excluding carboxylic acids is 1. The van der Waals surface area contributed by atoms with E-state index >= 15 is 0 Å². The van der Waals surface area contributed by atoms with E-state index in [0.29, 0.717) is 12.5 Å². The third-order valence-corrected chi connectivity index (χ3v) is 3.80. The SMILES string of the molecule is CCCCCC[CH]C(=O)OCC1CCCCCC1. The summed E-state index contributed by atoms with van der Waals surface area (Å²) in [6, 6.07) is 0. The van der Waals surface area contributed by atoms with Crippen molar-refractivity contribution in [2.75, 3.05) is 6.61 Å². The van der Waals surface area contributed by atoms with Gasteiger partial charge in [0.25, 0.3) is 0 Å². The summed E-state index contributed by atoms with van der Waals surface area (Å²) < 4.78 is 5.35. The summed E-state index contributed by atoms with van der Waals surface area (Å²) in [6.45, 7) is 2.84. The van der Waals surface area contributed by atoms with Crippen LogP contribution < -0.4 is 0 Å². The molecule has 2 heteroatoms. The van der Waals surface area contributed by atoms with Gasteiger partial charge in [0.2, 0.25) is 0 Å². The quantitative estimate of drug-likeness (QED) is 0.357. The van der Waals surface area contributed by atoms with Crippen LogP contribution in [0, 0.1) is 12.3 Å². The van der Waals surface area contributed by atoms with E-state index in [4.69, 9.17) is 4.74 Å². The lowest BCUT2D eigenvalue weighted by Crippen LogP contribution is -2.14. The molecule has 0 amide bonds. The molecule has 0 aliphatic heterocycles. The van der Waals surface area contributed by atoms with Gasteiger partial charge in [0.05, 0.1) is 13.0 Å². The van der Waals surface area contributed by atoms with Crippen molar-refractivity contribution in [2.45, 2.75) is 77.6 Å². The predicted octanol–water partition coefficient (Wildman–Crippen LogP) is 4.67. The molecular formula is C16H29O2. The summed E-state index contributed by atoms with van der Waals surface area (Å²) in [7, 11) is 0. The van der Waals surface area contributed by atoms with Crippen LogP contribution in [0.2, 0.25) is 0 Å². The van der Waals surface area contributed by atoms with Gasteiger partial charge in [-0.1, -0.05) is 58.3 Å². The Bertz CT molecular complexity index is 205. The largest absolute Gasteiger partial charge is 0.465 e. The minimum absolute atomic E-state index is 0.101. The van der Waals surface area contributed by atoms with Crippen molar-refractivity contribution in [3.05, 3.63) is 6.42 Å². The summed E-state index contributed by atoms with van der Waals surface area (Å²) in [5.41, 5.74) is 0. The van der Waals surface area contributed by atoms with Crippen molar-refractivity contribution in [1.29, 1.82) is 0 Å². The fraction of sp³-hybridized carbons (Fsp3) is 0.875. The van der Waals surface area contributed by atoms with Gasteiger partial charge in [-0.25, -0.2) is 0 Å². The molecule has 105 valence electrons. The molecule has 1 saturated carbocycles. The van der Waals surface area contributed by atoms with Crippen LogP contribution in [0.4, 0.5) is 0 Å². The molecule has 2 nitrogen and oxygen atoms in total. The zero-order chi connectivity index (χ0) is 13.1. The number of ether oxygens (including phenoxy) is 1. The van der Waals surface area contributed by atoms with Crippen molar-refractivity contribution in [1.82, 2.24) is 0 Å². The maximum Gasteiger partial charge on any atom is 0.309 e. The molecule has 0 N–H and O–H groups in total. The lowest BCUT2D eigenvalue weighted by Gasteiger charge is -2.13. The Morgan fingerprint density at radius 2 is 1.83 bits per heavy atom. The van der Waals surface area contributed by atoms with Gasteiger partial charge in [-0.2, -0.15) is 0 Å². The van der Waals surface area contributed by atoms with E-state index in [1.54, 1.807) is 6.42 Å². The Morgan fingerprint density at radius 3 is 2.50 bits per heavy atom. The first-order valence-corrected chi connectivity index (χ1v) is 7.83. The van der Waals surface area contributed by atoms with Crippen LogP contribution in [0.5, 0.6) is 0 Å². The average Bonchev–Trinajstić information content (AvgIpc) is 2.64. The monoisotopic (exact) mass is 253 g/mol. The van der Waals surface area contributed by atoms with Gasteiger partial charge in [0.1, 0.15) is 0 Å². The maximum absolute atomic E-state index is 11.5. The second kappa shape index (κ2) is 10.4. The van der Waals surface area contributed by atoms with E-state index in [9.17, 15) is 4.79 Å². The van der Waals surface area contributed by atoms with Gasteiger partial charge in [0.15, 0.2) is 0 Å². The van der Waals surface area contributed by atoms with Gasteiger partial charge in [-0.05, 0) is 25.2 Å². The Balaban J connectivity index is 1.98. The second-order valence-corrected chi connectivity index (χ2v) is 5.54. The first-order valence-electron chi connectivity index (χ1n) is 7.83. The molecule has 0 atom stereocenters. The van der Waals surface area contributed by atoms with Gasteiger partial charge < -0.3 is 4.74 Å². The molecule has 0 aromatic rings. The smallest absolute Gasteiger partial charge is 0.309 e. The Labute approximate surface area is 112 Å². The van der Waals surface area contributed by atoms with Gasteiger partial charge in [-0.15, -0.1) is 0 Å². The Morgan fingerprint density at radius 1 is 1.11 bits per heavy atom. The van der Waals surface area contributed by atoms with Gasteiger partial charge in [-0.3, -0.25) is 4.79 Å². The van der Waals surface area contributed by atoms with Crippen LogP contribution in [-0.2, 0) is 9.53 Å². The lowest BCUT2D eigenvalue weighted by molar-refractivity contribution is -0.141. The lowest BCUT2D eigenvalue weighted by atomic mass is 10.0. The van der Waals surface area contributed by atoms with Crippen molar-refractivity contribution in [3.63, 3.8) is 0 Å². The molecule has 0 bridgehead atoms. The van der Waals surface area contributed by atoms with Crippen molar-refractivity contribution in [2.24, 2.45) is 5.92 Å². The number of rotatable bonds is 8. The maximum atomic E-state index is 11.5. The fourth-order valence-electron chi connectivity index (χ4n) is 2.58. The van der Waals surface area contributed by atoms with Crippen molar-refractivity contribution in [3.8, 4) is 0 Å². The van der Waals surface area contributed by atoms with Crippen LogP contribution in [-0.4, -0.2) is 12.6 Å². The van der Waals surface area contributed by atoms with Gasteiger partial charge >= 0.3 is 5.97 Å². The van der Waals surface area contributed by atoms with Gasteiger partial charge in [0, 0.05) is 0 Å². The standard InChI is InChI=1S/C16H29O2/c1-2-3-4-5-10-13-16(17)18-14-15-11-8-6-7-9-12-15/h13,15H,2-12,14H2,1H3. The molecule has 0 spiro atoms. The third-order valence-electron chi connectivity index (χ3n) is 3.80. The summed E-state index contributed by atoms with van der Waals surface area (Å²) in [4.78, 5) is 11.5. The second-order valence-electron chi connectivity index (χ2n) is 5.54. The molecule has 1 fully saturated rings. The Kier molecular flexibility index (Phi) is 8.97. The first kappa shape index (κ1) is 15.5. The average molecular weight is 253 g/mol. The highest BCUT2D eigenvalue weighted by Crippen LogP contribution is 2.23. The first-order chi connectivity index (χ1) is 8.83. The molecule has 18 heavy (non-hydrogen) atoms. The third kappa shape index (κ3) is 7.73. The van der Waals surface area contributed by atoms with E-state index in [2.05, 4.69) is 6.92 Å². The normalized spacial score (nSPS) is 17.4. The number of hydrogen-bond acceptors (Lipinski definition) is 2. The van der Waals surface area contributed by atoms with Crippen molar-refractivity contribution >= 4 is 5.97 Å². The molecule has 1 aliphatic carbocycles. The van der Waals surface area contributed by atoms with E-state index in [0.717, 1.165) is 12.8 Å². The van der Waals surface area contributed by atoms with Crippen LogP contribution in [0.25, 0.3) is 0 Å². The summed E-state index contributed by atoms with van der Waals surface area (Å²) >= 11 is 0. The highest BCUT2D eigenvalue weighted by molar-refractivity contribution is 5.78. The molecule has 0 heterocycles. The number of hydrogen-bond donors (Lipinski definition) is 0. The fourth-order valence-corrected chi connectivity index (χ4v) is 2.58.